The molecule has 1 amide bonds. The van der Waals surface area contributed by atoms with E-state index in [1.165, 1.54) is 25.7 Å². The van der Waals surface area contributed by atoms with Crippen LogP contribution in [0.5, 0.6) is 0 Å². The second-order valence-electron chi connectivity index (χ2n) is 5.98. The van der Waals surface area contributed by atoms with Crippen LogP contribution in [0.15, 0.2) is 23.1 Å². The van der Waals surface area contributed by atoms with E-state index < -0.39 is 0 Å². The minimum absolute atomic E-state index is 0.0531. The normalized spacial score (nSPS) is 22.6. The number of amides is 1. The number of aryl methyl sites for hydroxylation is 1. The van der Waals surface area contributed by atoms with Gasteiger partial charge in [-0.05, 0) is 56.2 Å². The molecule has 0 radical (unpaired) electrons. The summed E-state index contributed by atoms with van der Waals surface area (Å²) in [4.78, 5) is 13.2. The van der Waals surface area contributed by atoms with Gasteiger partial charge < -0.3 is 5.32 Å². The third-order valence-corrected chi connectivity index (χ3v) is 4.62. The Morgan fingerprint density at radius 3 is 2.65 bits per heavy atom. The molecule has 0 atom stereocenters. The van der Waals surface area contributed by atoms with E-state index in [4.69, 9.17) is 0 Å². The summed E-state index contributed by atoms with van der Waals surface area (Å²) in [5, 5.41) is 3.19. The van der Waals surface area contributed by atoms with Crippen molar-refractivity contribution in [1.29, 1.82) is 0 Å². The number of hydrogen-bond donors (Lipinski definition) is 2. The predicted molar refractivity (Wildman–Crippen MR) is 86.6 cm³/mol. The van der Waals surface area contributed by atoms with Crippen molar-refractivity contribution < 1.29 is 4.79 Å². The fourth-order valence-electron chi connectivity index (χ4n) is 3.12. The maximum absolute atomic E-state index is 12.3. The Kier molecular flexibility index (Phi) is 5.53. The van der Waals surface area contributed by atoms with E-state index in [0.717, 1.165) is 34.8 Å². The van der Waals surface area contributed by atoms with Crippen molar-refractivity contribution >= 4 is 18.5 Å². The summed E-state index contributed by atoms with van der Waals surface area (Å²) in [7, 11) is 0. The zero-order valence-electron chi connectivity index (χ0n) is 12.5. The van der Waals surface area contributed by atoms with Gasteiger partial charge in [-0.15, -0.1) is 12.6 Å². The highest BCUT2D eigenvalue weighted by Crippen LogP contribution is 2.28. The molecule has 1 aliphatic rings. The van der Waals surface area contributed by atoms with Gasteiger partial charge >= 0.3 is 0 Å². The molecule has 0 unspecified atom stereocenters. The molecule has 0 aliphatic heterocycles. The third-order valence-electron chi connectivity index (χ3n) is 4.34. The van der Waals surface area contributed by atoms with E-state index in [2.05, 4.69) is 24.9 Å². The maximum atomic E-state index is 12.3. The molecule has 0 aromatic heterocycles. The van der Waals surface area contributed by atoms with Crippen LogP contribution >= 0.6 is 12.6 Å². The molecule has 0 heterocycles. The molecule has 1 aromatic carbocycles. The summed E-state index contributed by atoms with van der Waals surface area (Å²) < 4.78 is 0. The van der Waals surface area contributed by atoms with Crippen molar-refractivity contribution in [2.75, 3.05) is 0 Å². The summed E-state index contributed by atoms with van der Waals surface area (Å²) in [6.07, 6.45) is 7.36. The Balaban J connectivity index is 1.91. The van der Waals surface area contributed by atoms with Crippen LogP contribution in [0.2, 0.25) is 0 Å². The Labute approximate surface area is 127 Å². The molecule has 20 heavy (non-hydrogen) atoms. The van der Waals surface area contributed by atoms with Gasteiger partial charge in [-0.3, -0.25) is 4.79 Å². The first kappa shape index (κ1) is 15.4. The minimum Gasteiger partial charge on any atom is -0.349 e. The number of hydrogen-bond acceptors (Lipinski definition) is 2. The molecule has 110 valence electrons. The number of carbonyl (C=O) groups excluding carboxylic acids is 1. The molecule has 3 heteroatoms. The van der Waals surface area contributed by atoms with E-state index in [9.17, 15) is 4.79 Å². The van der Waals surface area contributed by atoms with Gasteiger partial charge in [-0.2, -0.15) is 0 Å². The van der Waals surface area contributed by atoms with Gasteiger partial charge in [-0.1, -0.05) is 25.8 Å². The zero-order valence-corrected chi connectivity index (χ0v) is 13.4. The molecule has 0 bridgehead atoms. The van der Waals surface area contributed by atoms with Crippen LogP contribution in [-0.2, 0) is 0 Å². The highest BCUT2D eigenvalue weighted by Gasteiger charge is 2.22. The molecule has 1 saturated carbocycles. The summed E-state index contributed by atoms with van der Waals surface area (Å²) >= 11 is 4.32. The van der Waals surface area contributed by atoms with Crippen molar-refractivity contribution in [2.24, 2.45) is 5.92 Å². The van der Waals surface area contributed by atoms with E-state index in [1.54, 1.807) is 0 Å². The molecule has 1 aliphatic carbocycles. The Bertz CT molecular complexity index is 464. The summed E-state index contributed by atoms with van der Waals surface area (Å²) in [6, 6.07) is 6.08. The SMILES string of the molecule is CCCC1CCC(NC(=O)c2cc(S)ccc2C)CC1. The zero-order chi connectivity index (χ0) is 14.5. The van der Waals surface area contributed by atoms with Crippen molar-refractivity contribution in [1.82, 2.24) is 5.32 Å². The lowest BCUT2D eigenvalue weighted by atomic mass is 9.83. The molecule has 0 saturated heterocycles. The third kappa shape index (κ3) is 4.02. The average molecular weight is 291 g/mol. The van der Waals surface area contributed by atoms with E-state index in [0.29, 0.717) is 6.04 Å². The van der Waals surface area contributed by atoms with Crippen LogP contribution in [0.3, 0.4) is 0 Å². The highest BCUT2D eigenvalue weighted by atomic mass is 32.1. The minimum atomic E-state index is 0.0531. The number of benzene rings is 1. The van der Waals surface area contributed by atoms with Crippen LogP contribution in [0.1, 0.15) is 61.4 Å². The van der Waals surface area contributed by atoms with Crippen molar-refractivity contribution in [2.45, 2.75) is 63.3 Å². The van der Waals surface area contributed by atoms with Gasteiger partial charge in [-0.25, -0.2) is 0 Å². The van der Waals surface area contributed by atoms with E-state index in [1.807, 2.05) is 25.1 Å². The predicted octanol–water partition coefficient (Wildman–Crippen LogP) is 4.37. The molecular weight excluding hydrogens is 266 g/mol. The number of carbonyl (C=O) groups is 1. The van der Waals surface area contributed by atoms with Crippen molar-refractivity contribution in [3.63, 3.8) is 0 Å². The summed E-state index contributed by atoms with van der Waals surface area (Å²) in [5.41, 5.74) is 1.77. The monoisotopic (exact) mass is 291 g/mol. The van der Waals surface area contributed by atoms with Crippen LogP contribution in [0, 0.1) is 12.8 Å². The number of nitrogens with one attached hydrogen (secondary N) is 1. The summed E-state index contributed by atoms with van der Waals surface area (Å²) in [6.45, 7) is 4.22. The molecule has 1 aromatic rings. The molecule has 1 N–H and O–H groups in total. The molecule has 2 nitrogen and oxygen atoms in total. The maximum Gasteiger partial charge on any atom is 0.251 e. The van der Waals surface area contributed by atoms with Gasteiger partial charge in [0.25, 0.3) is 5.91 Å². The lowest BCUT2D eigenvalue weighted by Gasteiger charge is -2.29. The second kappa shape index (κ2) is 7.16. The first-order chi connectivity index (χ1) is 9.60. The van der Waals surface area contributed by atoms with Gasteiger partial charge in [0, 0.05) is 16.5 Å². The fourth-order valence-corrected chi connectivity index (χ4v) is 3.33. The Morgan fingerprint density at radius 2 is 2.00 bits per heavy atom. The van der Waals surface area contributed by atoms with Crippen LogP contribution in [-0.4, -0.2) is 11.9 Å². The van der Waals surface area contributed by atoms with Gasteiger partial charge in [0.1, 0.15) is 0 Å². The van der Waals surface area contributed by atoms with Crippen LogP contribution < -0.4 is 5.32 Å². The van der Waals surface area contributed by atoms with Crippen LogP contribution in [0.4, 0.5) is 0 Å². The molecule has 1 fully saturated rings. The van der Waals surface area contributed by atoms with Gasteiger partial charge in [0.05, 0.1) is 0 Å². The molecular formula is C17H25NOS. The Morgan fingerprint density at radius 1 is 1.30 bits per heavy atom. The molecule has 0 spiro atoms. The fraction of sp³-hybridized carbons (Fsp3) is 0.588. The van der Waals surface area contributed by atoms with E-state index in [-0.39, 0.29) is 5.91 Å². The van der Waals surface area contributed by atoms with Crippen molar-refractivity contribution in [3.05, 3.63) is 29.3 Å². The van der Waals surface area contributed by atoms with E-state index >= 15 is 0 Å². The Hall–Kier alpha value is -0.960. The van der Waals surface area contributed by atoms with Crippen LogP contribution in [0.25, 0.3) is 0 Å². The average Bonchev–Trinajstić information content (AvgIpc) is 2.44. The quantitative estimate of drug-likeness (QED) is 0.792. The van der Waals surface area contributed by atoms with Gasteiger partial charge in [0.2, 0.25) is 0 Å². The molecule has 2 rings (SSSR count). The van der Waals surface area contributed by atoms with Crippen molar-refractivity contribution in [3.8, 4) is 0 Å². The lowest BCUT2D eigenvalue weighted by Crippen LogP contribution is -2.37. The standard InChI is InChI=1S/C17H25NOS/c1-3-4-13-6-8-14(9-7-13)18-17(19)16-11-15(20)10-5-12(16)2/h5,10-11,13-14,20H,3-4,6-9H2,1-2H3,(H,18,19). The first-order valence-electron chi connectivity index (χ1n) is 7.70. The van der Waals surface area contributed by atoms with Gasteiger partial charge in [0.15, 0.2) is 0 Å². The first-order valence-corrected chi connectivity index (χ1v) is 8.15. The number of thiol groups is 1. The lowest BCUT2D eigenvalue weighted by molar-refractivity contribution is 0.0920. The topological polar surface area (TPSA) is 29.1 Å². The smallest absolute Gasteiger partial charge is 0.251 e. The second-order valence-corrected chi connectivity index (χ2v) is 6.50. The number of rotatable bonds is 4. The largest absolute Gasteiger partial charge is 0.349 e. The summed E-state index contributed by atoms with van der Waals surface area (Å²) in [5.74, 6) is 0.924. The highest BCUT2D eigenvalue weighted by molar-refractivity contribution is 7.80.